The highest BCUT2D eigenvalue weighted by Gasteiger charge is 2.28. The fourth-order valence-electron chi connectivity index (χ4n) is 1.31. The Balaban J connectivity index is 2.74. The van der Waals surface area contributed by atoms with Crippen molar-refractivity contribution in [3.63, 3.8) is 0 Å². The molecule has 0 aliphatic heterocycles. The van der Waals surface area contributed by atoms with Gasteiger partial charge in [0.05, 0.1) is 4.99 Å². The second-order valence-electron chi connectivity index (χ2n) is 4.77. The second-order valence-corrected chi connectivity index (χ2v) is 8.28. The van der Waals surface area contributed by atoms with Crippen molar-refractivity contribution in [2.45, 2.75) is 31.4 Å². The van der Waals surface area contributed by atoms with Gasteiger partial charge < -0.3 is 5.73 Å². The van der Waals surface area contributed by atoms with Gasteiger partial charge in [0.25, 0.3) is 0 Å². The van der Waals surface area contributed by atoms with Crippen molar-refractivity contribution in [2.75, 3.05) is 6.54 Å². The summed E-state index contributed by atoms with van der Waals surface area (Å²) in [6.45, 7) is 5.80. The molecule has 0 spiro atoms. The molecule has 1 aromatic rings. The topological polar surface area (TPSA) is 72.2 Å². The first-order valence-corrected chi connectivity index (χ1v) is 8.32. The van der Waals surface area contributed by atoms with E-state index in [0.29, 0.717) is 6.54 Å². The highest BCUT2D eigenvalue weighted by molar-refractivity contribution is 7.93. The van der Waals surface area contributed by atoms with Gasteiger partial charge in [-0.15, -0.1) is 11.3 Å². The van der Waals surface area contributed by atoms with Gasteiger partial charge in [0.2, 0.25) is 10.0 Å². The lowest BCUT2D eigenvalue weighted by Gasteiger charge is -2.24. The van der Waals surface area contributed by atoms with E-state index in [9.17, 15) is 8.42 Å². The second kappa shape index (κ2) is 5.64. The van der Waals surface area contributed by atoms with Crippen LogP contribution in [0.4, 0.5) is 0 Å². The zero-order valence-electron chi connectivity index (χ0n) is 10.6. The van der Waals surface area contributed by atoms with E-state index in [-0.39, 0.29) is 10.4 Å². The number of thiophene rings is 1. The van der Waals surface area contributed by atoms with Crippen molar-refractivity contribution in [1.29, 1.82) is 0 Å². The van der Waals surface area contributed by atoms with Crippen molar-refractivity contribution in [2.24, 2.45) is 5.73 Å². The standard InChI is InChI=1S/C11H18N2O2S3/c1-8(10(12)16)18(14,15)13-7-11(2,3)9-5-4-6-17-9/h4-6,8,13H,7H2,1-3H3,(H2,12,16). The van der Waals surface area contributed by atoms with E-state index < -0.39 is 15.3 Å². The molecule has 0 aliphatic carbocycles. The maximum absolute atomic E-state index is 11.9. The van der Waals surface area contributed by atoms with Crippen LogP contribution in [-0.4, -0.2) is 25.2 Å². The van der Waals surface area contributed by atoms with Crippen LogP contribution in [0.25, 0.3) is 0 Å². The first kappa shape index (κ1) is 15.6. The smallest absolute Gasteiger partial charge is 0.220 e. The quantitative estimate of drug-likeness (QED) is 0.783. The monoisotopic (exact) mass is 306 g/mol. The van der Waals surface area contributed by atoms with Crippen LogP contribution >= 0.6 is 23.6 Å². The van der Waals surface area contributed by atoms with E-state index in [2.05, 4.69) is 4.72 Å². The lowest BCUT2D eigenvalue weighted by atomic mass is 9.92. The number of thiocarbonyl (C=S) groups is 1. The number of sulfonamides is 1. The summed E-state index contributed by atoms with van der Waals surface area (Å²) in [6, 6.07) is 3.95. The average molecular weight is 306 g/mol. The van der Waals surface area contributed by atoms with Crippen LogP contribution in [0.3, 0.4) is 0 Å². The number of nitrogens with one attached hydrogen (secondary N) is 1. The fraction of sp³-hybridized carbons (Fsp3) is 0.545. The summed E-state index contributed by atoms with van der Waals surface area (Å²) in [6.07, 6.45) is 0. The summed E-state index contributed by atoms with van der Waals surface area (Å²) in [7, 11) is -3.50. The SMILES string of the molecule is CC(C(N)=S)S(=O)(=O)NCC(C)(C)c1cccs1. The Morgan fingerprint density at radius 2 is 2.22 bits per heavy atom. The predicted octanol–water partition coefficient (Wildman–Crippen LogP) is 1.62. The Morgan fingerprint density at radius 3 is 2.67 bits per heavy atom. The highest BCUT2D eigenvalue weighted by Crippen LogP contribution is 2.26. The molecule has 1 aromatic heterocycles. The van der Waals surface area contributed by atoms with E-state index in [0.717, 1.165) is 4.88 Å². The molecule has 1 rings (SSSR count). The third kappa shape index (κ3) is 3.74. The molecular weight excluding hydrogens is 288 g/mol. The van der Waals surface area contributed by atoms with Crippen LogP contribution in [-0.2, 0) is 15.4 Å². The van der Waals surface area contributed by atoms with Crippen LogP contribution in [0.2, 0.25) is 0 Å². The molecule has 0 saturated carbocycles. The van der Waals surface area contributed by atoms with Crippen molar-refractivity contribution >= 4 is 38.6 Å². The number of nitrogens with two attached hydrogens (primary N) is 1. The van der Waals surface area contributed by atoms with Crippen LogP contribution in [0.1, 0.15) is 25.6 Å². The van der Waals surface area contributed by atoms with Crippen molar-refractivity contribution in [3.05, 3.63) is 22.4 Å². The van der Waals surface area contributed by atoms with Crippen molar-refractivity contribution < 1.29 is 8.42 Å². The Hall–Kier alpha value is -0.500. The van der Waals surface area contributed by atoms with Gasteiger partial charge >= 0.3 is 0 Å². The van der Waals surface area contributed by atoms with Crippen LogP contribution in [0.15, 0.2) is 17.5 Å². The molecule has 0 bridgehead atoms. The van der Waals surface area contributed by atoms with Crippen LogP contribution in [0.5, 0.6) is 0 Å². The maximum Gasteiger partial charge on any atom is 0.220 e. The molecule has 4 nitrogen and oxygen atoms in total. The molecule has 0 aromatic carbocycles. The number of rotatable bonds is 6. The molecular formula is C11H18N2O2S3. The first-order chi connectivity index (χ1) is 8.17. The Kier molecular flexibility index (Phi) is 4.88. The zero-order valence-corrected chi connectivity index (χ0v) is 13.1. The Morgan fingerprint density at radius 1 is 1.61 bits per heavy atom. The van der Waals surface area contributed by atoms with Gasteiger partial charge in [-0.2, -0.15) is 0 Å². The average Bonchev–Trinajstić information content (AvgIpc) is 2.79. The van der Waals surface area contributed by atoms with Crippen molar-refractivity contribution in [1.82, 2.24) is 4.72 Å². The molecule has 3 N–H and O–H groups in total. The molecule has 0 saturated heterocycles. The maximum atomic E-state index is 11.9. The number of hydrogen-bond donors (Lipinski definition) is 2. The first-order valence-electron chi connectivity index (χ1n) is 5.48. The summed E-state index contributed by atoms with van der Waals surface area (Å²) in [5, 5.41) is 1.12. The minimum absolute atomic E-state index is 0.0172. The molecule has 1 heterocycles. The summed E-state index contributed by atoms with van der Waals surface area (Å²) in [5.74, 6) is 0. The largest absolute Gasteiger partial charge is 0.392 e. The summed E-state index contributed by atoms with van der Waals surface area (Å²) in [4.78, 5) is 1.12. The molecule has 0 aliphatic rings. The summed E-state index contributed by atoms with van der Waals surface area (Å²) < 4.78 is 26.4. The number of hydrogen-bond acceptors (Lipinski definition) is 4. The molecule has 0 fully saturated rings. The molecule has 102 valence electrons. The Bertz CT molecular complexity index is 506. The van der Waals surface area contributed by atoms with Gasteiger partial charge in [-0.1, -0.05) is 32.1 Å². The minimum atomic E-state index is -3.50. The van der Waals surface area contributed by atoms with Gasteiger partial charge in [0.1, 0.15) is 5.25 Å². The fourth-order valence-corrected chi connectivity index (χ4v) is 3.66. The Labute approximate surface area is 118 Å². The normalized spacial score (nSPS) is 14.4. The van der Waals surface area contributed by atoms with E-state index in [1.165, 1.54) is 6.92 Å². The summed E-state index contributed by atoms with van der Waals surface area (Å²) in [5.41, 5.74) is 5.12. The highest BCUT2D eigenvalue weighted by atomic mass is 32.2. The van der Waals surface area contributed by atoms with Crippen molar-refractivity contribution in [3.8, 4) is 0 Å². The lowest BCUT2D eigenvalue weighted by Crippen LogP contribution is -2.44. The minimum Gasteiger partial charge on any atom is -0.392 e. The third-order valence-corrected chi connectivity index (χ3v) is 6.24. The predicted molar refractivity (Wildman–Crippen MR) is 80.5 cm³/mol. The van der Waals surface area contributed by atoms with Crippen LogP contribution < -0.4 is 10.5 Å². The van der Waals surface area contributed by atoms with Crippen LogP contribution in [0, 0.1) is 0 Å². The van der Waals surface area contributed by atoms with Gasteiger partial charge in [-0.25, -0.2) is 13.1 Å². The van der Waals surface area contributed by atoms with Gasteiger partial charge in [0, 0.05) is 16.8 Å². The van der Waals surface area contributed by atoms with Gasteiger partial charge in [-0.3, -0.25) is 0 Å². The molecule has 0 radical (unpaired) electrons. The van der Waals surface area contributed by atoms with E-state index in [4.69, 9.17) is 18.0 Å². The summed E-state index contributed by atoms with van der Waals surface area (Å²) >= 11 is 6.32. The molecule has 1 atom stereocenters. The third-order valence-electron chi connectivity index (χ3n) is 2.77. The van der Waals surface area contributed by atoms with E-state index >= 15 is 0 Å². The van der Waals surface area contributed by atoms with E-state index in [1.807, 2.05) is 31.4 Å². The van der Waals surface area contributed by atoms with Gasteiger partial charge in [0.15, 0.2) is 0 Å². The lowest BCUT2D eigenvalue weighted by molar-refractivity contribution is 0.508. The van der Waals surface area contributed by atoms with Gasteiger partial charge in [-0.05, 0) is 18.4 Å². The molecule has 1 unspecified atom stereocenters. The molecule has 18 heavy (non-hydrogen) atoms. The zero-order chi connectivity index (χ0) is 14.0. The molecule has 0 amide bonds. The molecule has 7 heteroatoms. The van der Waals surface area contributed by atoms with E-state index in [1.54, 1.807) is 11.3 Å².